The minimum absolute atomic E-state index is 0.256. The molecule has 0 aromatic heterocycles. The Balaban J connectivity index is 2.15. The Labute approximate surface area is 115 Å². The van der Waals surface area contributed by atoms with Crippen LogP contribution in [-0.4, -0.2) is 62.8 Å². The highest BCUT2D eigenvalue weighted by Gasteiger charge is 2.44. The molecule has 0 aliphatic carbocycles. The van der Waals surface area contributed by atoms with Gasteiger partial charge in [-0.3, -0.25) is 0 Å². The number of benzene rings is 1. The van der Waals surface area contributed by atoms with Gasteiger partial charge in [0.15, 0.2) is 0 Å². The first-order valence-corrected chi connectivity index (χ1v) is 6.24. The molecule has 7 nitrogen and oxygen atoms in total. The molecule has 5 N–H and O–H groups in total. The lowest BCUT2D eigenvalue weighted by molar-refractivity contribution is -0.277. The summed E-state index contributed by atoms with van der Waals surface area (Å²) in [5.74, 6) is 0.291. The molecule has 1 heterocycles. The first-order chi connectivity index (χ1) is 9.58. The largest absolute Gasteiger partial charge is 0.462 e. The molecular weight excluding hydrogens is 268 g/mol. The SMILES string of the molecule is OCc1ccccc1O[C@@H]1O[C@H](CO)[C@@H](O)[C@H](O)[C@@H]1O. The van der Waals surface area contributed by atoms with Crippen molar-refractivity contribution in [3.05, 3.63) is 29.8 Å². The highest BCUT2D eigenvalue weighted by atomic mass is 16.7. The van der Waals surface area contributed by atoms with Gasteiger partial charge in [-0.05, 0) is 6.07 Å². The molecule has 0 saturated carbocycles. The zero-order valence-electron chi connectivity index (χ0n) is 10.7. The van der Waals surface area contributed by atoms with Gasteiger partial charge >= 0.3 is 0 Å². The third kappa shape index (κ3) is 2.93. The van der Waals surface area contributed by atoms with Crippen molar-refractivity contribution in [2.75, 3.05) is 6.61 Å². The summed E-state index contributed by atoms with van der Waals surface area (Å²) < 4.78 is 10.6. The second-order valence-electron chi connectivity index (χ2n) is 4.58. The zero-order chi connectivity index (χ0) is 14.7. The van der Waals surface area contributed by atoms with Gasteiger partial charge in [0.1, 0.15) is 30.2 Å². The van der Waals surface area contributed by atoms with E-state index in [9.17, 15) is 20.4 Å². The Kier molecular flexibility index (Phi) is 4.92. The Morgan fingerprint density at radius 1 is 1.00 bits per heavy atom. The Hall–Kier alpha value is -1.22. The molecule has 1 aliphatic heterocycles. The van der Waals surface area contributed by atoms with Gasteiger partial charge < -0.3 is 35.0 Å². The van der Waals surface area contributed by atoms with Crippen LogP contribution in [0, 0.1) is 0 Å². The number of hydrogen-bond donors (Lipinski definition) is 5. The van der Waals surface area contributed by atoms with E-state index in [1.807, 2.05) is 0 Å². The van der Waals surface area contributed by atoms with Gasteiger partial charge in [-0.15, -0.1) is 0 Å². The maximum Gasteiger partial charge on any atom is 0.229 e. The second kappa shape index (κ2) is 6.49. The number of aliphatic hydroxyl groups excluding tert-OH is 5. The number of aliphatic hydroxyl groups is 5. The minimum atomic E-state index is -1.49. The van der Waals surface area contributed by atoms with Gasteiger partial charge in [-0.25, -0.2) is 0 Å². The van der Waals surface area contributed by atoms with Crippen molar-refractivity contribution < 1.29 is 35.0 Å². The van der Waals surface area contributed by atoms with Crippen molar-refractivity contribution in [1.29, 1.82) is 0 Å². The summed E-state index contributed by atoms with van der Waals surface area (Å²) in [5, 5.41) is 47.4. The monoisotopic (exact) mass is 286 g/mol. The summed E-state index contributed by atoms with van der Waals surface area (Å²) in [5.41, 5.74) is 0.490. The van der Waals surface area contributed by atoms with Crippen LogP contribution in [0.25, 0.3) is 0 Å². The van der Waals surface area contributed by atoms with Crippen LogP contribution in [0.3, 0.4) is 0 Å². The van der Waals surface area contributed by atoms with E-state index < -0.39 is 37.3 Å². The molecule has 0 bridgehead atoms. The van der Waals surface area contributed by atoms with Gasteiger partial charge in [-0.1, -0.05) is 18.2 Å². The van der Waals surface area contributed by atoms with Gasteiger partial charge in [0.05, 0.1) is 13.2 Å². The number of ether oxygens (including phenoxy) is 2. The van der Waals surface area contributed by atoms with E-state index in [1.54, 1.807) is 24.3 Å². The molecule has 20 heavy (non-hydrogen) atoms. The fraction of sp³-hybridized carbons (Fsp3) is 0.538. The van der Waals surface area contributed by atoms with Crippen LogP contribution in [-0.2, 0) is 11.3 Å². The van der Waals surface area contributed by atoms with Crippen molar-refractivity contribution in [3.63, 3.8) is 0 Å². The molecule has 1 saturated heterocycles. The topological polar surface area (TPSA) is 120 Å². The molecule has 1 aliphatic rings. The Morgan fingerprint density at radius 3 is 2.35 bits per heavy atom. The highest BCUT2D eigenvalue weighted by molar-refractivity contribution is 5.32. The Morgan fingerprint density at radius 2 is 1.70 bits per heavy atom. The second-order valence-corrected chi connectivity index (χ2v) is 4.58. The molecule has 1 aromatic rings. The van der Waals surface area contributed by atoms with E-state index in [4.69, 9.17) is 14.6 Å². The predicted octanol–water partition coefficient (Wildman–Crippen LogP) is -1.64. The maximum atomic E-state index is 9.84. The molecule has 7 heteroatoms. The third-order valence-electron chi connectivity index (χ3n) is 3.23. The maximum absolute atomic E-state index is 9.84. The molecule has 112 valence electrons. The lowest BCUT2D eigenvalue weighted by Crippen LogP contribution is -2.60. The van der Waals surface area contributed by atoms with E-state index in [-0.39, 0.29) is 6.61 Å². The van der Waals surface area contributed by atoms with Gasteiger partial charge in [0.2, 0.25) is 6.29 Å². The predicted molar refractivity (Wildman–Crippen MR) is 66.8 cm³/mol. The number of para-hydroxylation sites is 1. The minimum Gasteiger partial charge on any atom is -0.462 e. The van der Waals surface area contributed by atoms with Crippen molar-refractivity contribution in [2.24, 2.45) is 0 Å². The Bertz CT molecular complexity index is 436. The fourth-order valence-corrected chi connectivity index (χ4v) is 2.04. The van der Waals surface area contributed by atoms with Gasteiger partial charge in [0, 0.05) is 5.56 Å². The molecule has 0 unspecified atom stereocenters. The lowest BCUT2D eigenvalue weighted by atomic mass is 9.99. The first-order valence-electron chi connectivity index (χ1n) is 6.24. The summed E-state index contributed by atoms with van der Waals surface area (Å²) in [4.78, 5) is 0. The smallest absolute Gasteiger partial charge is 0.229 e. The average Bonchev–Trinajstić information content (AvgIpc) is 2.48. The van der Waals surface area contributed by atoms with Crippen molar-refractivity contribution in [3.8, 4) is 5.75 Å². The summed E-state index contributed by atoms with van der Waals surface area (Å²) in [6.07, 6.45) is -6.67. The van der Waals surface area contributed by atoms with Crippen molar-refractivity contribution in [1.82, 2.24) is 0 Å². The summed E-state index contributed by atoms with van der Waals surface area (Å²) in [7, 11) is 0. The van der Waals surface area contributed by atoms with E-state index in [1.165, 1.54) is 0 Å². The van der Waals surface area contributed by atoms with Gasteiger partial charge in [0.25, 0.3) is 0 Å². The van der Waals surface area contributed by atoms with Crippen LogP contribution in [0.15, 0.2) is 24.3 Å². The molecule has 1 aromatic carbocycles. The fourth-order valence-electron chi connectivity index (χ4n) is 2.04. The molecule has 0 radical (unpaired) electrons. The van der Waals surface area contributed by atoms with E-state index in [0.717, 1.165) is 0 Å². The van der Waals surface area contributed by atoms with Gasteiger partial charge in [-0.2, -0.15) is 0 Å². The molecule has 5 atom stereocenters. The van der Waals surface area contributed by atoms with Crippen molar-refractivity contribution >= 4 is 0 Å². The van der Waals surface area contributed by atoms with Crippen LogP contribution in [0.4, 0.5) is 0 Å². The first kappa shape index (κ1) is 15.2. The zero-order valence-corrected chi connectivity index (χ0v) is 10.7. The van der Waals surface area contributed by atoms with Crippen LogP contribution >= 0.6 is 0 Å². The molecule has 0 spiro atoms. The summed E-state index contributed by atoms with van der Waals surface area (Å²) >= 11 is 0. The molecule has 0 amide bonds. The van der Waals surface area contributed by atoms with E-state index >= 15 is 0 Å². The van der Waals surface area contributed by atoms with Crippen molar-refractivity contribution in [2.45, 2.75) is 37.3 Å². The number of rotatable bonds is 4. The third-order valence-corrected chi connectivity index (χ3v) is 3.23. The summed E-state index contributed by atoms with van der Waals surface area (Å²) in [6.45, 7) is -0.778. The summed E-state index contributed by atoms with van der Waals surface area (Å²) in [6, 6.07) is 6.61. The molecule has 1 fully saturated rings. The van der Waals surface area contributed by atoms with E-state index in [2.05, 4.69) is 0 Å². The average molecular weight is 286 g/mol. The standard InChI is InChI=1S/C13H18O7/c14-5-7-3-1-2-4-8(7)19-13-12(18)11(17)10(16)9(6-15)20-13/h1-4,9-18H,5-6H2/t9-,10-,11+,12+,13-/m1/s1. The van der Waals surface area contributed by atoms with Crippen LogP contribution in [0.2, 0.25) is 0 Å². The highest BCUT2D eigenvalue weighted by Crippen LogP contribution is 2.26. The molecule has 2 rings (SSSR count). The van der Waals surface area contributed by atoms with E-state index in [0.29, 0.717) is 11.3 Å². The normalized spacial score (nSPS) is 34.0. The quantitative estimate of drug-likeness (QED) is 0.450. The molecular formula is C13H18O7. The van der Waals surface area contributed by atoms with Crippen LogP contribution < -0.4 is 4.74 Å². The van der Waals surface area contributed by atoms with Crippen LogP contribution in [0.5, 0.6) is 5.75 Å². The van der Waals surface area contributed by atoms with Crippen LogP contribution in [0.1, 0.15) is 5.56 Å². The lowest BCUT2D eigenvalue weighted by Gasteiger charge is -2.39. The number of hydrogen-bond acceptors (Lipinski definition) is 7.